The quantitative estimate of drug-likeness (QED) is 0.138. The maximum absolute atomic E-state index is 12.8. The average molecular weight is 706 g/mol. The Kier molecular flexibility index (Phi) is 12.3. The number of rotatable bonds is 7. The number of esters is 2. The third-order valence-electron chi connectivity index (χ3n) is 7.14. The molecule has 13 heteroatoms. The fourth-order valence-electron chi connectivity index (χ4n) is 4.89. The number of hydrogen-bond acceptors (Lipinski definition) is 10. The molecule has 0 bridgehead atoms. The summed E-state index contributed by atoms with van der Waals surface area (Å²) in [7, 11) is 5.91. The molecule has 0 unspecified atom stereocenters. The maximum Gasteiger partial charge on any atom is 0.337 e. The van der Waals surface area contributed by atoms with Gasteiger partial charge in [0, 0.05) is 67.2 Å². The van der Waals surface area contributed by atoms with E-state index in [0.29, 0.717) is 46.1 Å². The van der Waals surface area contributed by atoms with Crippen molar-refractivity contribution in [2.75, 3.05) is 47.0 Å². The van der Waals surface area contributed by atoms with Crippen molar-refractivity contribution in [3.63, 3.8) is 0 Å². The van der Waals surface area contributed by atoms with Gasteiger partial charge in [-0.05, 0) is 47.2 Å². The lowest BCUT2D eigenvalue weighted by molar-refractivity contribution is 0.0592. The molecule has 0 amide bonds. The molecule has 2 aromatic carbocycles. The first-order valence-electron chi connectivity index (χ1n) is 14.3. The number of aromatic nitrogens is 4. The molecule has 244 valence electrons. The van der Waals surface area contributed by atoms with Gasteiger partial charge < -0.3 is 28.5 Å². The molecule has 0 aliphatic rings. The number of nitrogens with one attached hydrogen (secondary N) is 1. The molecular formula is C34H33BrN4O8. The first-order valence-corrected chi connectivity index (χ1v) is 15.4. The number of aromatic amines is 1. The van der Waals surface area contributed by atoms with Crippen LogP contribution in [-0.2, 0) is 25.5 Å². The average Bonchev–Trinajstić information content (AvgIpc) is 3.11. The van der Waals surface area contributed by atoms with Crippen LogP contribution in [0.3, 0.4) is 0 Å². The Morgan fingerprint density at radius 1 is 0.723 bits per heavy atom. The van der Waals surface area contributed by atoms with E-state index < -0.39 is 11.9 Å². The van der Waals surface area contributed by atoms with E-state index >= 15 is 0 Å². The van der Waals surface area contributed by atoms with Crippen LogP contribution in [-0.4, -0.2) is 78.4 Å². The lowest BCUT2D eigenvalue weighted by Gasteiger charge is -2.13. The van der Waals surface area contributed by atoms with E-state index in [1.54, 1.807) is 79.8 Å². The number of ether oxygens (including phenoxy) is 4. The van der Waals surface area contributed by atoms with Crippen molar-refractivity contribution in [2.45, 2.75) is 6.54 Å². The van der Waals surface area contributed by atoms with Gasteiger partial charge in [0.05, 0.1) is 54.8 Å². The van der Waals surface area contributed by atoms with Crippen LogP contribution in [0.15, 0.2) is 82.9 Å². The van der Waals surface area contributed by atoms with E-state index in [1.807, 2.05) is 6.07 Å². The highest BCUT2D eigenvalue weighted by molar-refractivity contribution is 9.09. The fourth-order valence-corrected chi connectivity index (χ4v) is 5.21. The first kappa shape index (κ1) is 34.9. The minimum atomic E-state index is -0.438. The Bertz CT molecular complexity index is 2160. The smallest absolute Gasteiger partial charge is 0.337 e. The molecule has 0 radical (unpaired) electrons. The first-order chi connectivity index (χ1) is 22.8. The molecular weight excluding hydrogens is 672 g/mol. The molecule has 0 fully saturated rings. The molecule has 0 saturated carbocycles. The zero-order chi connectivity index (χ0) is 33.9. The number of benzene rings is 2. The van der Waals surface area contributed by atoms with Crippen LogP contribution in [0.1, 0.15) is 20.7 Å². The van der Waals surface area contributed by atoms with Crippen LogP contribution in [0.4, 0.5) is 0 Å². The van der Waals surface area contributed by atoms with Crippen molar-refractivity contribution >= 4 is 71.2 Å². The van der Waals surface area contributed by atoms with Crippen molar-refractivity contribution in [1.82, 2.24) is 19.5 Å². The summed E-state index contributed by atoms with van der Waals surface area (Å²) in [6, 6.07) is 13.9. The fraction of sp³-hybridized carbons (Fsp3) is 0.235. The van der Waals surface area contributed by atoms with Crippen molar-refractivity contribution in [2.24, 2.45) is 0 Å². The van der Waals surface area contributed by atoms with Gasteiger partial charge in [0.25, 0.3) is 11.1 Å². The molecule has 0 saturated heterocycles. The van der Waals surface area contributed by atoms with E-state index in [0.717, 1.165) is 33.5 Å². The summed E-state index contributed by atoms with van der Waals surface area (Å²) in [5, 5.41) is 5.37. The van der Waals surface area contributed by atoms with E-state index in [1.165, 1.54) is 20.4 Å². The van der Waals surface area contributed by atoms with Gasteiger partial charge in [0.2, 0.25) is 0 Å². The standard InChI is InChI=1S/C17H16N2O4.C14H10N2O3.C3H7BrO/c1-22-8-7-19-15-9-11(17(21)23-2)3-4-13(15)12-5-6-18-10-14(12)16(19)20;1-19-14(18)8-2-3-10-9-4-5-15-7-11(9)13(17)16-12(10)6-8;1-5-3-2-4/h3-6,9-10H,7-8H2,1-2H3;2-7H,1H3,(H,16,17);2-3H2,1H3. The number of nitrogens with zero attached hydrogens (tertiary/aromatic N) is 3. The van der Waals surface area contributed by atoms with E-state index in [4.69, 9.17) is 9.47 Å². The number of hydrogen-bond donors (Lipinski definition) is 1. The lowest BCUT2D eigenvalue weighted by Crippen LogP contribution is -2.23. The van der Waals surface area contributed by atoms with Gasteiger partial charge in [-0.1, -0.05) is 28.1 Å². The Balaban J connectivity index is 0.000000189. The van der Waals surface area contributed by atoms with Crippen LogP contribution in [0, 0.1) is 0 Å². The van der Waals surface area contributed by atoms with Crippen molar-refractivity contribution in [1.29, 1.82) is 0 Å². The second kappa shape index (κ2) is 16.5. The summed E-state index contributed by atoms with van der Waals surface area (Å²) in [5.41, 5.74) is 1.70. The molecule has 6 rings (SSSR count). The second-order valence-corrected chi connectivity index (χ2v) is 10.7. The highest BCUT2D eigenvalue weighted by Gasteiger charge is 2.14. The molecule has 1 N–H and O–H groups in total. The zero-order valence-electron chi connectivity index (χ0n) is 26.2. The van der Waals surface area contributed by atoms with Crippen LogP contribution in [0.25, 0.3) is 43.4 Å². The highest BCUT2D eigenvalue weighted by Crippen LogP contribution is 2.24. The van der Waals surface area contributed by atoms with Crippen molar-refractivity contribution in [3.8, 4) is 0 Å². The summed E-state index contributed by atoms with van der Waals surface area (Å²) in [6.45, 7) is 1.59. The third kappa shape index (κ3) is 7.88. The number of fused-ring (bicyclic) bond motifs is 6. The van der Waals surface area contributed by atoms with Gasteiger partial charge in [-0.3, -0.25) is 19.6 Å². The number of methoxy groups -OCH3 is 4. The molecule has 4 heterocycles. The molecule has 0 aliphatic heterocycles. The topological polar surface area (TPSA) is 152 Å². The Labute approximate surface area is 277 Å². The number of H-pyrrole nitrogens is 1. The lowest BCUT2D eigenvalue weighted by atomic mass is 10.1. The van der Waals surface area contributed by atoms with Crippen LogP contribution >= 0.6 is 15.9 Å². The zero-order valence-corrected chi connectivity index (χ0v) is 27.8. The summed E-state index contributed by atoms with van der Waals surface area (Å²) >= 11 is 3.18. The van der Waals surface area contributed by atoms with E-state index in [2.05, 4.69) is 40.4 Å². The number of alkyl halides is 1. The predicted octanol–water partition coefficient (Wildman–Crippen LogP) is 4.87. The molecule has 12 nitrogen and oxygen atoms in total. The molecule has 47 heavy (non-hydrogen) atoms. The highest BCUT2D eigenvalue weighted by atomic mass is 79.9. The minimum Gasteiger partial charge on any atom is -0.465 e. The van der Waals surface area contributed by atoms with Crippen LogP contribution in [0.2, 0.25) is 0 Å². The van der Waals surface area contributed by atoms with Gasteiger partial charge in [0.15, 0.2) is 0 Å². The third-order valence-corrected chi connectivity index (χ3v) is 7.47. The normalized spacial score (nSPS) is 10.7. The second-order valence-electron chi connectivity index (χ2n) is 9.90. The summed E-state index contributed by atoms with van der Waals surface area (Å²) in [4.78, 5) is 58.7. The van der Waals surface area contributed by atoms with Gasteiger partial charge in [-0.15, -0.1) is 0 Å². The maximum atomic E-state index is 12.8. The SMILES string of the molecule is COC(=O)c1ccc2c(c1)[nH]c(=O)c1cnccc12.COCCBr.COCCn1c(=O)c2cnccc2c2ccc(C(=O)OC)cc21. The number of carbonyl (C=O) groups excluding carboxylic acids is 2. The molecule has 0 atom stereocenters. The van der Waals surface area contributed by atoms with Gasteiger partial charge in [-0.25, -0.2) is 9.59 Å². The Hall–Kier alpha value is -4.98. The number of halogens is 1. The van der Waals surface area contributed by atoms with Gasteiger partial charge in [-0.2, -0.15) is 0 Å². The molecule has 0 spiro atoms. The van der Waals surface area contributed by atoms with Gasteiger partial charge >= 0.3 is 11.9 Å². The Morgan fingerprint density at radius 2 is 1.30 bits per heavy atom. The Morgan fingerprint density at radius 3 is 1.87 bits per heavy atom. The summed E-state index contributed by atoms with van der Waals surface area (Å²) in [5.74, 6) is -0.870. The molecule has 0 aliphatic carbocycles. The summed E-state index contributed by atoms with van der Waals surface area (Å²) in [6.07, 6.45) is 6.38. The number of pyridine rings is 4. The largest absolute Gasteiger partial charge is 0.465 e. The molecule has 4 aromatic heterocycles. The minimum absolute atomic E-state index is 0.153. The number of carbonyl (C=O) groups is 2. The predicted molar refractivity (Wildman–Crippen MR) is 184 cm³/mol. The summed E-state index contributed by atoms with van der Waals surface area (Å²) < 4.78 is 20.8. The van der Waals surface area contributed by atoms with Crippen molar-refractivity contribution < 1.29 is 28.5 Å². The van der Waals surface area contributed by atoms with Gasteiger partial charge in [0.1, 0.15) is 0 Å². The van der Waals surface area contributed by atoms with E-state index in [-0.39, 0.29) is 11.1 Å². The van der Waals surface area contributed by atoms with Crippen LogP contribution in [0.5, 0.6) is 0 Å². The van der Waals surface area contributed by atoms with Crippen LogP contribution < -0.4 is 11.1 Å². The molecule has 6 aromatic rings. The monoisotopic (exact) mass is 704 g/mol. The van der Waals surface area contributed by atoms with E-state index in [9.17, 15) is 19.2 Å². The van der Waals surface area contributed by atoms with Crippen molar-refractivity contribution in [3.05, 3.63) is 105 Å².